The molecule has 0 atom stereocenters. The topological polar surface area (TPSA) is 62.2 Å². The minimum absolute atomic E-state index is 0.236. The molecule has 0 radical (unpaired) electrons. The molecule has 2 aromatic rings. The van der Waals surface area contributed by atoms with E-state index in [-0.39, 0.29) is 5.91 Å². The van der Waals surface area contributed by atoms with E-state index >= 15 is 0 Å². The van der Waals surface area contributed by atoms with Gasteiger partial charge in [-0.2, -0.15) is 0 Å². The Bertz CT molecular complexity index is 800. The number of aryl methyl sites for hydroxylation is 2. The van der Waals surface area contributed by atoms with Crippen LogP contribution in [-0.4, -0.2) is 51.9 Å². The molecule has 0 bridgehead atoms. The second kappa shape index (κ2) is 9.81. The average Bonchev–Trinajstić information content (AvgIpc) is 2.73. The predicted molar refractivity (Wildman–Crippen MR) is 116 cm³/mol. The lowest BCUT2D eigenvalue weighted by molar-refractivity contribution is -0.132. The van der Waals surface area contributed by atoms with Crippen LogP contribution in [-0.2, 0) is 11.2 Å². The Labute approximate surface area is 174 Å². The van der Waals surface area contributed by atoms with Crippen LogP contribution in [0.25, 0.3) is 0 Å². The zero-order valence-corrected chi connectivity index (χ0v) is 18.1. The van der Waals surface area contributed by atoms with Gasteiger partial charge < -0.3 is 9.80 Å². The Morgan fingerprint density at radius 3 is 2.66 bits per heavy atom. The van der Waals surface area contributed by atoms with Gasteiger partial charge in [0, 0.05) is 62.2 Å². The van der Waals surface area contributed by atoms with E-state index in [0.717, 1.165) is 61.8 Å². The summed E-state index contributed by atoms with van der Waals surface area (Å²) in [6.07, 6.45) is 6.03. The van der Waals surface area contributed by atoms with Gasteiger partial charge in [-0.1, -0.05) is 19.9 Å². The lowest BCUT2D eigenvalue weighted by atomic mass is 10.0. The third-order valence-electron chi connectivity index (χ3n) is 5.65. The molecule has 1 amide bonds. The molecule has 0 saturated carbocycles. The number of carbonyl (C=O) groups is 1. The van der Waals surface area contributed by atoms with Crippen molar-refractivity contribution >= 4 is 11.7 Å². The van der Waals surface area contributed by atoms with Crippen LogP contribution in [0.2, 0.25) is 0 Å². The highest BCUT2D eigenvalue weighted by molar-refractivity contribution is 5.76. The molecule has 0 aliphatic carbocycles. The first-order valence-corrected chi connectivity index (χ1v) is 10.7. The van der Waals surface area contributed by atoms with Gasteiger partial charge in [0.15, 0.2) is 0 Å². The first kappa shape index (κ1) is 21.2. The second-order valence-corrected chi connectivity index (χ2v) is 8.28. The summed E-state index contributed by atoms with van der Waals surface area (Å²) in [5, 5.41) is 0. The number of hydrogen-bond donors (Lipinski definition) is 0. The predicted octanol–water partition coefficient (Wildman–Crippen LogP) is 3.75. The maximum absolute atomic E-state index is 12.6. The van der Waals surface area contributed by atoms with E-state index < -0.39 is 0 Å². The number of amides is 1. The van der Waals surface area contributed by atoms with Crippen molar-refractivity contribution in [2.45, 2.75) is 64.8 Å². The molecule has 156 valence electrons. The Kier molecular flexibility index (Phi) is 7.18. The number of piperidine rings is 1. The highest BCUT2D eigenvalue weighted by atomic mass is 16.2. The van der Waals surface area contributed by atoms with Crippen LogP contribution in [0, 0.1) is 6.92 Å². The molecule has 29 heavy (non-hydrogen) atoms. The lowest BCUT2D eigenvalue weighted by Crippen LogP contribution is -2.46. The van der Waals surface area contributed by atoms with Crippen LogP contribution in [0.3, 0.4) is 0 Å². The van der Waals surface area contributed by atoms with Crippen molar-refractivity contribution < 1.29 is 4.79 Å². The fourth-order valence-corrected chi connectivity index (χ4v) is 3.82. The number of aromatic nitrogens is 3. The summed E-state index contributed by atoms with van der Waals surface area (Å²) in [5.41, 5.74) is 2.07. The first-order valence-electron chi connectivity index (χ1n) is 10.7. The van der Waals surface area contributed by atoms with Gasteiger partial charge in [-0.25, -0.2) is 9.97 Å². The molecular weight excluding hydrogens is 362 g/mol. The fraction of sp³-hybridized carbons (Fsp3) is 0.565. The van der Waals surface area contributed by atoms with E-state index in [1.54, 1.807) is 6.20 Å². The van der Waals surface area contributed by atoms with E-state index in [4.69, 9.17) is 4.98 Å². The molecule has 3 heterocycles. The van der Waals surface area contributed by atoms with Crippen molar-refractivity contribution in [1.29, 1.82) is 0 Å². The van der Waals surface area contributed by atoms with Gasteiger partial charge in [0.05, 0.1) is 0 Å². The third kappa shape index (κ3) is 5.75. The zero-order valence-electron chi connectivity index (χ0n) is 18.1. The van der Waals surface area contributed by atoms with Gasteiger partial charge in [-0.05, 0) is 44.7 Å². The summed E-state index contributed by atoms with van der Waals surface area (Å²) < 4.78 is 0. The summed E-state index contributed by atoms with van der Waals surface area (Å²) >= 11 is 0. The van der Waals surface area contributed by atoms with Crippen molar-refractivity contribution in [2.75, 3.05) is 25.0 Å². The molecular formula is C23H33N5O. The lowest BCUT2D eigenvalue weighted by Gasteiger charge is -2.37. The molecule has 6 heteroatoms. The number of rotatable bonds is 7. The second-order valence-electron chi connectivity index (χ2n) is 8.28. The molecule has 0 N–H and O–H groups in total. The minimum Gasteiger partial charge on any atom is -0.356 e. The van der Waals surface area contributed by atoms with Crippen molar-refractivity contribution in [3.05, 3.63) is 47.7 Å². The van der Waals surface area contributed by atoms with Gasteiger partial charge in [0.1, 0.15) is 11.6 Å². The van der Waals surface area contributed by atoms with Crippen LogP contribution < -0.4 is 4.90 Å². The summed E-state index contributed by atoms with van der Waals surface area (Å²) in [6, 6.07) is 8.30. The Morgan fingerprint density at radius 1 is 1.24 bits per heavy atom. The Morgan fingerprint density at radius 2 is 2.00 bits per heavy atom. The SMILES string of the molecule is Cc1cc(N2CCC(N(C)C(=O)CCCc3ccccn3)CC2)nc(C(C)C)n1. The molecule has 6 nitrogen and oxygen atoms in total. The summed E-state index contributed by atoms with van der Waals surface area (Å²) in [7, 11) is 1.95. The number of nitrogens with zero attached hydrogens (tertiary/aromatic N) is 5. The maximum atomic E-state index is 12.6. The molecule has 1 fully saturated rings. The monoisotopic (exact) mass is 395 g/mol. The molecule has 2 aromatic heterocycles. The van der Waals surface area contributed by atoms with E-state index in [1.165, 1.54) is 0 Å². The molecule has 1 aliphatic rings. The Balaban J connectivity index is 1.49. The number of carbonyl (C=O) groups excluding carboxylic acids is 1. The van der Waals surface area contributed by atoms with Crippen molar-refractivity contribution in [3.8, 4) is 0 Å². The smallest absolute Gasteiger partial charge is 0.222 e. The largest absolute Gasteiger partial charge is 0.356 e. The van der Waals surface area contributed by atoms with E-state index in [0.29, 0.717) is 18.4 Å². The van der Waals surface area contributed by atoms with Gasteiger partial charge in [0.25, 0.3) is 0 Å². The summed E-state index contributed by atoms with van der Waals surface area (Å²) in [4.78, 5) is 30.5. The van der Waals surface area contributed by atoms with Gasteiger partial charge in [0.2, 0.25) is 5.91 Å². The van der Waals surface area contributed by atoms with Crippen molar-refractivity contribution in [1.82, 2.24) is 19.9 Å². The van der Waals surface area contributed by atoms with Crippen LogP contribution in [0.5, 0.6) is 0 Å². The molecule has 0 spiro atoms. The van der Waals surface area contributed by atoms with Gasteiger partial charge in [-0.15, -0.1) is 0 Å². The van der Waals surface area contributed by atoms with E-state index in [2.05, 4.69) is 34.8 Å². The van der Waals surface area contributed by atoms with Crippen LogP contribution in [0.4, 0.5) is 5.82 Å². The van der Waals surface area contributed by atoms with Crippen molar-refractivity contribution in [2.24, 2.45) is 0 Å². The highest BCUT2D eigenvalue weighted by Crippen LogP contribution is 2.23. The molecule has 0 aromatic carbocycles. The van der Waals surface area contributed by atoms with Gasteiger partial charge >= 0.3 is 0 Å². The van der Waals surface area contributed by atoms with E-state index in [9.17, 15) is 4.79 Å². The number of anilines is 1. The number of hydrogen-bond acceptors (Lipinski definition) is 5. The molecule has 0 unspecified atom stereocenters. The van der Waals surface area contributed by atoms with Gasteiger partial charge in [-0.3, -0.25) is 9.78 Å². The summed E-state index contributed by atoms with van der Waals surface area (Å²) in [5.74, 6) is 2.48. The highest BCUT2D eigenvalue weighted by Gasteiger charge is 2.26. The Hall–Kier alpha value is -2.50. The quantitative estimate of drug-likeness (QED) is 0.714. The van der Waals surface area contributed by atoms with E-state index in [1.807, 2.05) is 37.1 Å². The normalized spacial score (nSPS) is 15.0. The molecule has 3 rings (SSSR count). The standard InChI is InChI=1S/C23H33N5O/c1-17(2)23-25-18(3)16-21(26-23)28-14-11-20(12-15-28)27(4)22(29)10-7-9-19-8-5-6-13-24-19/h5-6,8,13,16-17,20H,7,9-12,14-15H2,1-4H3. The average molecular weight is 396 g/mol. The van der Waals surface area contributed by atoms with Crippen LogP contribution >= 0.6 is 0 Å². The van der Waals surface area contributed by atoms with Crippen LogP contribution in [0.15, 0.2) is 30.5 Å². The third-order valence-corrected chi connectivity index (χ3v) is 5.65. The summed E-state index contributed by atoms with van der Waals surface area (Å²) in [6.45, 7) is 8.12. The van der Waals surface area contributed by atoms with Crippen LogP contribution in [0.1, 0.15) is 62.7 Å². The van der Waals surface area contributed by atoms with Crippen molar-refractivity contribution in [3.63, 3.8) is 0 Å². The number of pyridine rings is 1. The minimum atomic E-state index is 0.236. The zero-order chi connectivity index (χ0) is 20.8. The maximum Gasteiger partial charge on any atom is 0.222 e. The molecule has 1 aliphatic heterocycles. The molecule has 1 saturated heterocycles. The fourth-order valence-electron chi connectivity index (χ4n) is 3.82. The first-order chi connectivity index (χ1) is 13.9.